The van der Waals surface area contributed by atoms with Crippen molar-refractivity contribution in [3.8, 4) is 0 Å². The van der Waals surface area contributed by atoms with Gasteiger partial charge in [-0.05, 0) is 30.0 Å². The van der Waals surface area contributed by atoms with Crippen molar-refractivity contribution in [2.75, 3.05) is 6.61 Å². The summed E-state index contributed by atoms with van der Waals surface area (Å²) in [7, 11) is 0. The van der Waals surface area contributed by atoms with Crippen molar-refractivity contribution < 1.29 is 9.90 Å². The molecule has 0 fully saturated rings. The van der Waals surface area contributed by atoms with Gasteiger partial charge in [-0.1, -0.05) is 20.8 Å². The molecule has 0 aliphatic rings. The molecule has 0 aliphatic heterocycles. The van der Waals surface area contributed by atoms with Gasteiger partial charge in [0, 0.05) is 12.4 Å². The summed E-state index contributed by atoms with van der Waals surface area (Å²) in [4.78, 5) is 16.5. The molecule has 0 aromatic carbocycles. The molecule has 0 saturated heterocycles. The zero-order valence-corrected chi connectivity index (χ0v) is 12.3. The Hall–Kier alpha value is -1.88. The summed E-state index contributed by atoms with van der Waals surface area (Å²) in [5.41, 5.74) is 1.99. The molecule has 2 heterocycles. The number of imidazole rings is 1. The molecule has 2 aromatic heterocycles. The SMILES string of the molecule is Cc1ccn2cc(C(=O)N[C@H](CO)C(C)(C)C)nc2c1. The van der Waals surface area contributed by atoms with Crippen LogP contribution < -0.4 is 5.32 Å². The molecule has 0 radical (unpaired) electrons. The second kappa shape index (κ2) is 5.25. The van der Waals surface area contributed by atoms with Crippen LogP contribution >= 0.6 is 0 Å². The Labute approximate surface area is 118 Å². The third kappa shape index (κ3) is 2.99. The highest BCUT2D eigenvalue weighted by Gasteiger charge is 2.26. The Morgan fingerprint density at radius 2 is 2.20 bits per heavy atom. The number of fused-ring (bicyclic) bond motifs is 1. The number of pyridine rings is 1. The number of rotatable bonds is 3. The van der Waals surface area contributed by atoms with E-state index in [2.05, 4.69) is 10.3 Å². The fraction of sp³-hybridized carbons (Fsp3) is 0.467. The lowest BCUT2D eigenvalue weighted by Gasteiger charge is -2.29. The summed E-state index contributed by atoms with van der Waals surface area (Å²) in [6, 6.07) is 3.58. The first-order valence-electron chi connectivity index (χ1n) is 6.68. The van der Waals surface area contributed by atoms with Crippen molar-refractivity contribution in [2.24, 2.45) is 5.41 Å². The standard InChI is InChI=1S/C15H21N3O2/c1-10-5-6-18-8-11(16-13(18)7-10)14(20)17-12(9-19)15(2,3)4/h5-8,12,19H,9H2,1-4H3,(H,17,20)/t12-/m1/s1. The van der Waals surface area contributed by atoms with Gasteiger partial charge >= 0.3 is 0 Å². The van der Waals surface area contributed by atoms with E-state index in [0.717, 1.165) is 11.2 Å². The molecule has 0 aliphatic carbocycles. The summed E-state index contributed by atoms with van der Waals surface area (Å²) in [5.74, 6) is -0.264. The van der Waals surface area contributed by atoms with E-state index in [-0.39, 0.29) is 24.0 Å². The topological polar surface area (TPSA) is 66.6 Å². The molecule has 2 N–H and O–H groups in total. The van der Waals surface area contributed by atoms with E-state index in [1.54, 1.807) is 6.20 Å². The van der Waals surface area contributed by atoms with Gasteiger partial charge in [0.25, 0.3) is 5.91 Å². The molecule has 2 aromatic rings. The summed E-state index contributed by atoms with van der Waals surface area (Å²) in [5, 5.41) is 12.2. The zero-order chi connectivity index (χ0) is 14.9. The monoisotopic (exact) mass is 275 g/mol. The molecule has 108 valence electrons. The number of hydrogen-bond donors (Lipinski definition) is 2. The third-order valence-electron chi connectivity index (χ3n) is 3.38. The molecular formula is C15H21N3O2. The minimum atomic E-state index is -0.304. The van der Waals surface area contributed by atoms with Gasteiger partial charge in [-0.15, -0.1) is 0 Å². The highest BCUT2D eigenvalue weighted by Crippen LogP contribution is 2.19. The summed E-state index contributed by atoms with van der Waals surface area (Å²) in [6.45, 7) is 7.81. The van der Waals surface area contributed by atoms with Gasteiger partial charge in [0.2, 0.25) is 0 Å². The molecule has 5 nitrogen and oxygen atoms in total. The number of nitrogens with one attached hydrogen (secondary N) is 1. The quantitative estimate of drug-likeness (QED) is 0.897. The molecule has 0 spiro atoms. The van der Waals surface area contributed by atoms with Crippen molar-refractivity contribution in [3.05, 3.63) is 35.8 Å². The van der Waals surface area contributed by atoms with E-state index < -0.39 is 0 Å². The number of aliphatic hydroxyl groups excluding tert-OH is 1. The Morgan fingerprint density at radius 3 is 2.80 bits per heavy atom. The minimum Gasteiger partial charge on any atom is -0.394 e. The van der Waals surface area contributed by atoms with E-state index in [1.165, 1.54) is 0 Å². The second-order valence-corrected chi connectivity index (χ2v) is 6.17. The van der Waals surface area contributed by atoms with E-state index in [9.17, 15) is 9.90 Å². The van der Waals surface area contributed by atoms with Crippen LogP contribution in [0.2, 0.25) is 0 Å². The highest BCUT2D eigenvalue weighted by molar-refractivity contribution is 5.93. The van der Waals surface area contributed by atoms with Crippen LogP contribution in [0.15, 0.2) is 24.5 Å². The van der Waals surface area contributed by atoms with Crippen LogP contribution in [0.1, 0.15) is 36.8 Å². The van der Waals surface area contributed by atoms with Gasteiger partial charge in [-0.2, -0.15) is 0 Å². The molecule has 20 heavy (non-hydrogen) atoms. The molecule has 1 atom stereocenters. The third-order valence-corrected chi connectivity index (χ3v) is 3.38. The average Bonchev–Trinajstić information content (AvgIpc) is 2.77. The number of aryl methyl sites for hydroxylation is 1. The number of hydrogen-bond acceptors (Lipinski definition) is 3. The van der Waals surface area contributed by atoms with Crippen molar-refractivity contribution in [3.63, 3.8) is 0 Å². The zero-order valence-electron chi connectivity index (χ0n) is 12.3. The van der Waals surface area contributed by atoms with E-state index in [0.29, 0.717) is 5.69 Å². The van der Waals surface area contributed by atoms with Crippen LogP contribution in [-0.2, 0) is 0 Å². The van der Waals surface area contributed by atoms with Gasteiger partial charge in [-0.25, -0.2) is 4.98 Å². The predicted molar refractivity (Wildman–Crippen MR) is 77.7 cm³/mol. The van der Waals surface area contributed by atoms with Crippen LogP contribution in [0.3, 0.4) is 0 Å². The number of carbonyl (C=O) groups is 1. The van der Waals surface area contributed by atoms with Crippen molar-refractivity contribution in [1.82, 2.24) is 14.7 Å². The maximum Gasteiger partial charge on any atom is 0.271 e. The van der Waals surface area contributed by atoms with Crippen molar-refractivity contribution >= 4 is 11.6 Å². The number of aromatic nitrogens is 2. The number of carbonyl (C=O) groups excluding carboxylic acids is 1. The lowest BCUT2D eigenvalue weighted by molar-refractivity contribution is 0.0843. The van der Waals surface area contributed by atoms with Crippen LogP contribution in [0.5, 0.6) is 0 Å². The fourth-order valence-corrected chi connectivity index (χ4v) is 1.96. The van der Waals surface area contributed by atoms with Gasteiger partial charge in [-0.3, -0.25) is 4.79 Å². The first-order chi connectivity index (χ1) is 9.31. The second-order valence-electron chi connectivity index (χ2n) is 6.17. The first-order valence-corrected chi connectivity index (χ1v) is 6.68. The number of nitrogens with zero attached hydrogens (tertiary/aromatic N) is 2. The molecule has 2 rings (SSSR count). The van der Waals surface area contributed by atoms with Crippen LogP contribution in [0.25, 0.3) is 5.65 Å². The van der Waals surface area contributed by atoms with Crippen LogP contribution in [0.4, 0.5) is 0 Å². The molecular weight excluding hydrogens is 254 g/mol. The van der Waals surface area contributed by atoms with E-state index in [4.69, 9.17) is 0 Å². The molecule has 0 unspecified atom stereocenters. The maximum atomic E-state index is 12.2. The lowest BCUT2D eigenvalue weighted by atomic mass is 9.87. The van der Waals surface area contributed by atoms with Crippen molar-refractivity contribution in [1.29, 1.82) is 0 Å². The summed E-state index contributed by atoms with van der Waals surface area (Å²) < 4.78 is 1.81. The van der Waals surface area contributed by atoms with Gasteiger partial charge in [0.15, 0.2) is 0 Å². The Morgan fingerprint density at radius 1 is 1.50 bits per heavy atom. The summed E-state index contributed by atoms with van der Waals surface area (Å²) >= 11 is 0. The maximum absolute atomic E-state index is 12.2. The van der Waals surface area contributed by atoms with Gasteiger partial charge in [0.05, 0.1) is 12.6 Å². The lowest BCUT2D eigenvalue weighted by Crippen LogP contribution is -2.46. The Balaban J connectivity index is 2.23. The van der Waals surface area contributed by atoms with Crippen molar-refractivity contribution in [2.45, 2.75) is 33.7 Å². The van der Waals surface area contributed by atoms with Crippen LogP contribution in [0, 0.1) is 12.3 Å². The Kier molecular flexibility index (Phi) is 3.81. The molecule has 0 saturated carbocycles. The van der Waals surface area contributed by atoms with Gasteiger partial charge < -0.3 is 14.8 Å². The smallest absolute Gasteiger partial charge is 0.271 e. The molecule has 0 bridgehead atoms. The minimum absolute atomic E-state index is 0.0955. The largest absolute Gasteiger partial charge is 0.394 e. The van der Waals surface area contributed by atoms with E-state index >= 15 is 0 Å². The summed E-state index contributed by atoms with van der Waals surface area (Å²) in [6.07, 6.45) is 3.57. The normalized spacial score (nSPS) is 13.4. The number of aliphatic hydroxyl groups is 1. The number of amides is 1. The Bertz CT molecular complexity index is 626. The highest BCUT2D eigenvalue weighted by atomic mass is 16.3. The molecule has 1 amide bonds. The van der Waals surface area contributed by atoms with Gasteiger partial charge in [0.1, 0.15) is 11.3 Å². The average molecular weight is 275 g/mol. The molecule has 5 heteroatoms. The first kappa shape index (κ1) is 14.5. The van der Waals surface area contributed by atoms with Crippen LogP contribution in [-0.4, -0.2) is 33.0 Å². The predicted octanol–water partition coefficient (Wildman–Crippen LogP) is 1.78. The van der Waals surface area contributed by atoms with E-state index in [1.807, 2.05) is 50.4 Å². The fourth-order valence-electron chi connectivity index (χ4n) is 1.96.